The van der Waals surface area contributed by atoms with E-state index < -0.39 is 35.3 Å². The quantitative estimate of drug-likeness (QED) is 0.530. The molecule has 1 aromatic carbocycles. The second-order valence-corrected chi connectivity index (χ2v) is 11.3. The summed E-state index contributed by atoms with van der Waals surface area (Å²) in [6, 6.07) is 1.98. The molecule has 9 heteroatoms. The monoisotopic (exact) mass is 505 g/mol. The molecule has 4 rings (SSSR count). The first kappa shape index (κ1) is 26.2. The van der Waals surface area contributed by atoms with Gasteiger partial charge in [-0.25, -0.2) is 4.39 Å². The van der Waals surface area contributed by atoms with Crippen molar-refractivity contribution in [1.29, 1.82) is 0 Å². The average Bonchev–Trinajstić information content (AvgIpc) is 3.41. The Bertz CT molecular complexity index is 1010. The third-order valence-electron chi connectivity index (χ3n) is 7.71. The molecule has 0 spiro atoms. The van der Waals surface area contributed by atoms with Crippen molar-refractivity contribution in [3.8, 4) is 11.5 Å². The SMILES string of the molecule is COc1cc(F)c(OC2CCC(C(=O)OC(C)(C)C)CC2)cc1C(=O)NC1C2CCC(C2)C1C(=O)O. The molecule has 3 saturated carbocycles. The Morgan fingerprint density at radius 2 is 1.67 bits per heavy atom. The van der Waals surface area contributed by atoms with E-state index >= 15 is 0 Å². The molecule has 0 aliphatic heterocycles. The van der Waals surface area contributed by atoms with Gasteiger partial charge in [0, 0.05) is 12.1 Å². The Labute approximate surface area is 210 Å². The number of rotatable bonds is 7. The van der Waals surface area contributed by atoms with Crippen LogP contribution in [-0.4, -0.2) is 47.8 Å². The van der Waals surface area contributed by atoms with E-state index in [1.54, 1.807) is 0 Å². The number of ether oxygens (including phenoxy) is 3. The van der Waals surface area contributed by atoms with E-state index in [1.807, 2.05) is 20.8 Å². The van der Waals surface area contributed by atoms with Crippen LogP contribution in [0.25, 0.3) is 0 Å². The molecule has 0 radical (unpaired) electrons. The van der Waals surface area contributed by atoms with Crippen LogP contribution in [0.5, 0.6) is 11.5 Å². The Balaban J connectivity index is 1.43. The summed E-state index contributed by atoms with van der Waals surface area (Å²) < 4.78 is 31.5. The number of carbonyl (C=O) groups excluding carboxylic acids is 2. The first-order chi connectivity index (χ1) is 17.0. The largest absolute Gasteiger partial charge is 0.496 e. The van der Waals surface area contributed by atoms with E-state index in [1.165, 1.54) is 13.2 Å². The summed E-state index contributed by atoms with van der Waals surface area (Å²) in [6.07, 6.45) is 4.51. The summed E-state index contributed by atoms with van der Waals surface area (Å²) in [4.78, 5) is 37.4. The standard InChI is InChI=1S/C27H36FNO7/c1-27(2,3)36-26(33)14-7-9-17(10-8-14)35-21-12-18(20(34-4)13-19(21)28)24(30)29-23-16-6-5-15(11-16)22(23)25(31)32/h12-17,22-23H,5-11H2,1-4H3,(H,29,30)(H,31,32). The number of benzene rings is 1. The van der Waals surface area contributed by atoms with Crippen LogP contribution in [0.1, 0.15) is 76.1 Å². The molecule has 3 aliphatic carbocycles. The lowest BCUT2D eigenvalue weighted by molar-refractivity contribution is -0.161. The molecule has 2 bridgehead atoms. The van der Waals surface area contributed by atoms with Crippen LogP contribution >= 0.6 is 0 Å². The molecule has 0 saturated heterocycles. The van der Waals surface area contributed by atoms with E-state index in [4.69, 9.17) is 14.2 Å². The predicted octanol–water partition coefficient (Wildman–Crippen LogP) is 4.34. The summed E-state index contributed by atoms with van der Waals surface area (Å²) in [7, 11) is 1.35. The van der Waals surface area contributed by atoms with Gasteiger partial charge in [-0.3, -0.25) is 14.4 Å². The minimum absolute atomic E-state index is 0.0565. The van der Waals surface area contributed by atoms with E-state index in [2.05, 4.69) is 5.32 Å². The van der Waals surface area contributed by atoms with Crippen LogP contribution in [0.15, 0.2) is 12.1 Å². The highest BCUT2D eigenvalue weighted by molar-refractivity contribution is 5.98. The van der Waals surface area contributed by atoms with Gasteiger partial charge in [0.05, 0.1) is 30.6 Å². The zero-order chi connectivity index (χ0) is 26.2. The molecule has 0 aromatic heterocycles. The molecule has 3 fully saturated rings. The van der Waals surface area contributed by atoms with E-state index in [0.717, 1.165) is 25.3 Å². The number of methoxy groups -OCH3 is 1. The highest BCUT2D eigenvalue weighted by atomic mass is 19.1. The van der Waals surface area contributed by atoms with Gasteiger partial charge >= 0.3 is 11.9 Å². The van der Waals surface area contributed by atoms with Crippen LogP contribution in [0.2, 0.25) is 0 Å². The number of carboxylic acid groups (broad SMARTS) is 1. The van der Waals surface area contributed by atoms with Crippen molar-refractivity contribution in [2.24, 2.45) is 23.7 Å². The van der Waals surface area contributed by atoms with E-state index in [0.29, 0.717) is 25.7 Å². The third-order valence-corrected chi connectivity index (χ3v) is 7.71. The summed E-state index contributed by atoms with van der Waals surface area (Å²) in [5, 5.41) is 12.6. The lowest BCUT2D eigenvalue weighted by atomic mass is 9.84. The fourth-order valence-electron chi connectivity index (χ4n) is 6.04. The summed E-state index contributed by atoms with van der Waals surface area (Å²) in [6.45, 7) is 5.50. The Morgan fingerprint density at radius 1 is 1.00 bits per heavy atom. The molecule has 1 amide bonds. The topological polar surface area (TPSA) is 111 Å². The molecule has 198 valence electrons. The number of fused-ring (bicyclic) bond motifs is 2. The first-order valence-corrected chi connectivity index (χ1v) is 12.8. The maximum absolute atomic E-state index is 14.8. The van der Waals surface area contributed by atoms with Gasteiger partial charge in [0.1, 0.15) is 11.4 Å². The Kier molecular flexibility index (Phi) is 7.48. The number of amides is 1. The lowest BCUT2D eigenvalue weighted by Gasteiger charge is -2.30. The molecular formula is C27H36FNO7. The van der Waals surface area contributed by atoms with Crippen LogP contribution in [0, 0.1) is 29.5 Å². The minimum atomic E-state index is -0.899. The number of carboxylic acids is 1. The summed E-state index contributed by atoms with van der Waals surface area (Å²) in [5.41, 5.74) is -0.445. The first-order valence-electron chi connectivity index (χ1n) is 12.8. The normalized spacial score (nSPS) is 29.5. The Morgan fingerprint density at radius 3 is 2.28 bits per heavy atom. The molecule has 8 nitrogen and oxygen atoms in total. The van der Waals surface area contributed by atoms with Gasteiger partial charge < -0.3 is 24.6 Å². The summed E-state index contributed by atoms with van der Waals surface area (Å²) in [5.74, 6) is -2.92. The molecule has 3 aliphatic rings. The number of esters is 1. The van der Waals surface area contributed by atoms with Crippen LogP contribution in [0.4, 0.5) is 4.39 Å². The maximum atomic E-state index is 14.8. The fraction of sp³-hybridized carbons (Fsp3) is 0.667. The third kappa shape index (κ3) is 5.60. The van der Waals surface area contributed by atoms with Crippen molar-refractivity contribution >= 4 is 17.8 Å². The number of nitrogens with one attached hydrogen (secondary N) is 1. The zero-order valence-corrected chi connectivity index (χ0v) is 21.3. The van der Waals surface area contributed by atoms with Crippen LogP contribution in [0.3, 0.4) is 0 Å². The molecule has 4 atom stereocenters. The average molecular weight is 506 g/mol. The molecule has 4 unspecified atom stereocenters. The zero-order valence-electron chi connectivity index (χ0n) is 21.3. The van der Waals surface area contributed by atoms with Crippen molar-refractivity contribution < 1.29 is 38.1 Å². The van der Waals surface area contributed by atoms with E-state index in [9.17, 15) is 23.9 Å². The van der Waals surface area contributed by atoms with Crippen LogP contribution in [-0.2, 0) is 14.3 Å². The molecular weight excluding hydrogens is 469 g/mol. The van der Waals surface area contributed by atoms with Gasteiger partial charge in [-0.2, -0.15) is 0 Å². The van der Waals surface area contributed by atoms with Crippen molar-refractivity contribution in [1.82, 2.24) is 5.32 Å². The molecule has 36 heavy (non-hydrogen) atoms. The van der Waals surface area contributed by atoms with Gasteiger partial charge in [-0.1, -0.05) is 0 Å². The number of aliphatic carboxylic acids is 1. The lowest BCUT2D eigenvalue weighted by Crippen LogP contribution is -2.46. The second kappa shape index (κ2) is 10.3. The van der Waals surface area contributed by atoms with Crippen LogP contribution < -0.4 is 14.8 Å². The predicted molar refractivity (Wildman–Crippen MR) is 128 cm³/mol. The maximum Gasteiger partial charge on any atom is 0.309 e. The van der Waals surface area contributed by atoms with Crippen molar-refractivity contribution in [3.05, 3.63) is 23.5 Å². The van der Waals surface area contributed by atoms with Gasteiger partial charge in [0.15, 0.2) is 11.6 Å². The Hall–Kier alpha value is -2.84. The highest BCUT2D eigenvalue weighted by Gasteiger charge is 2.51. The fourth-order valence-corrected chi connectivity index (χ4v) is 6.04. The molecule has 2 N–H and O–H groups in total. The van der Waals surface area contributed by atoms with E-state index in [-0.39, 0.29) is 46.9 Å². The molecule has 0 heterocycles. The van der Waals surface area contributed by atoms with Crippen molar-refractivity contribution in [2.75, 3.05) is 7.11 Å². The molecule has 1 aromatic rings. The van der Waals surface area contributed by atoms with Gasteiger partial charge in [-0.05, 0) is 83.6 Å². The van der Waals surface area contributed by atoms with Crippen molar-refractivity contribution in [3.63, 3.8) is 0 Å². The minimum Gasteiger partial charge on any atom is -0.496 e. The number of hydrogen-bond acceptors (Lipinski definition) is 6. The number of halogens is 1. The van der Waals surface area contributed by atoms with Gasteiger partial charge in [0.25, 0.3) is 5.91 Å². The second-order valence-electron chi connectivity index (χ2n) is 11.3. The van der Waals surface area contributed by atoms with Gasteiger partial charge in [0.2, 0.25) is 0 Å². The smallest absolute Gasteiger partial charge is 0.309 e. The van der Waals surface area contributed by atoms with Crippen molar-refractivity contribution in [2.45, 2.75) is 83.5 Å². The number of hydrogen-bond donors (Lipinski definition) is 2. The summed E-state index contributed by atoms with van der Waals surface area (Å²) >= 11 is 0. The van der Waals surface area contributed by atoms with Gasteiger partial charge in [-0.15, -0.1) is 0 Å². The highest BCUT2D eigenvalue weighted by Crippen LogP contribution is 2.48. The number of carbonyl (C=O) groups is 3.